The zero-order valence-electron chi connectivity index (χ0n) is 8.43. The van der Waals surface area contributed by atoms with Crippen LogP contribution in [-0.4, -0.2) is 18.2 Å². The molecule has 0 aliphatic heterocycles. The maximum Gasteiger partial charge on any atom is 0.337 e. The summed E-state index contributed by atoms with van der Waals surface area (Å²) in [5.41, 5.74) is 1.15. The fourth-order valence-corrected chi connectivity index (χ4v) is 1.19. The number of terminal acetylenes is 1. The van der Waals surface area contributed by atoms with Crippen molar-refractivity contribution in [2.45, 2.75) is 12.5 Å². The predicted octanol–water partition coefficient (Wildman–Crippen LogP) is 1.53. The normalized spacial score (nSPS) is 11.5. The van der Waals surface area contributed by atoms with Gasteiger partial charge in [0.2, 0.25) is 0 Å². The average molecular weight is 204 g/mol. The van der Waals surface area contributed by atoms with E-state index < -0.39 is 12.1 Å². The zero-order chi connectivity index (χ0) is 11.3. The summed E-state index contributed by atoms with van der Waals surface area (Å²) >= 11 is 0. The highest BCUT2D eigenvalue weighted by atomic mass is 16.5. The Balaban J connectivity index is 2.81. The number of esters is 1. The van der Waals surface area contributed by atoms with E-state index in [1.807, 2.05) is 0 Å². The van der Waals surface area contributed by atoms with E-state index in [9.17, 15) is 9.90 Å². The van der Waals surface area contributed by atoms with E-state index >= 15 is 0 Å². The van der Waals surface area contributed by atoms with Gasteiger partial charge in [0.05, 0.1) is 18.8 Å². The molecule has 0 saturated heterocycles. The Labute approximate surface area is 88.7 Å². The third kappa shape index (κ3) is 2.83. The molecule has 1 unspecified atom stereocenters. The third-order valence-electron chi connectivity index (χ3n) is 2.03. The number of carbonyl (C=O) groups excluding carboxylic acids is 1. The van der Waals surface area contributed by atoms with Crippen LogP contribution < -0.4 is 0 Å². The molecule has 78 valence electrons. The monoisotopic (exact) mass is 204 g/mol. The molecule has 1 rings (SSSR count). The lowest BCUT2D eigenvalue weighted by Gasteiger charge is -2.07. The summed E-state index contributed by atoms with van der Waals surface area (Å²) in [6.07, 6.45) is 4.66. The van der Waals surface area contributed by atoms with E-state index in [1.165, 1.54) is 7.11 Å². The van der Waals surface area contributed by atoms with Gasteiger partial charge in [0.1, 0.15) is 0 Å². The van der Waals surface area contributed by atoms with Crippen molar-refractivity contribution in [1.82, 2.24) is 0 Å². The van der Waals surface area contributed by atoms with Gasteiger partial charge in [-0.15, -0.1) is 12.3 Å². The number of ether oxygens (including phenoxy) is 1. The van der Waals surface area contributed by atoms with E-state index in [1.54, 1.807) is 24.3 Å². The molecular formula is C12H12O3. The minimum absolute atomic E-state index is 0.261. The molecule has 0 radical (unpaired) electrons. The number of aliphatic hydroxyl groups is 1. The molecule has 0 amide bonds. The van der Waals surface area contributed by atoms with E-state index in [4.69, 9.17) is 6.42 Å². The first-order valence-electron chi connectivity index (χ1n) is 4.49. The Morgan fingerprint density at radius 1 is 1.53 bits per heavy atom. The molecule has 3 heteroatoms. The molecule has 1 atom stereocenters. The Morgan fingerprint density at radius 2 is 2.13 bits per heavy atom. The molecule has 1 aromatic carbocycles. The summed E-state index contributed by atoms with van der Waals surface area (Å²) in [6.45, 7) is 0. The van der Waals surface area contributed by atoms with Gasteiger partial charge in [-0.05, 0) is 17.7 Å². The number of hydrogen-bond donors (Lipinski definition) is 1. The lowest BCUT2D eigenvalue weighted by atomic mass is 10.1. The van der Waals surface area contributed by atoms with Gasteiger partial charge in [0.15, 0.2) is 0 Å². The lowest BCUT2D eigenvalue weighted by molar-refractivity contribution is 0.0600. The number of methoxy groups -OCH3 is 1. The largest absolute Gasteiger partial charge is 0.465 e. The first kappa shape index (κ1) is 11.3. The van der Waals surface area contributed by atoms with Crippen molar-refractivity contribution in [3.8, 4) is 12.3 Å². The van der Waals surface area contributed by atoms with Crippen molar-refractivity contribution in [2.75, 3.05) is 7.11 Å². The highest BCUT2D eigenvalue weighted by Crippen LogP contribution is 2.16. The standard InChI is InChI=1S/C12H12O3/c1-3-4-11(13)9-5-7-10(8-6-9)12(14)15-2/h1,5-8,11,13H,4H2,2H3. The smallest absolute Gasteiger partial charge is 0.337 e. The Hall–Kier alpha value is -1.79. The molecule has 0 aromatic heterocycles. The van der Waals surface area contributed by atoms with Gasteiger partial charge >= 0.3 is 5.97 Å². The van der Waals surface area contributed by atoms with Crippen molar-refractivity contribution >= 4 is 5.97 Å². The van der Waals surface area contributed by atoms with Crippen molar-refractivity contribution < 1.29 is 14.6 Å². The van der Waals surface area contributed by atoms with E-state index in [2.05, 4.69) is 10.7 Å². The molecule has 0 aliphatic carbocycles. The van der Waals surface area contributed by atoms with Gasteiger partial charge in [-0.2, -0.15) is 0 Å². The van der Waals surface area contributed by atoms with Crippen molar-refractivity contribution in [2.24, 2.45) is 0 Å². The van der Waals surface area contributed by atoms with Gasteiger partial charge in [-0.25, -0.2) is 4.79 Å². The van der Waals surface area contributed by atoms with Gasteiger partial charge in [-0.1, -0.05) is 12.1 Å². The second-order valence-corrected chi connectivity index (χ2v) is 3.04. The number of benzene rings is 1. The van der Waals surface area contributed by atoms with Crippen molar-refractivity contribution in [3.63, 3.8) is 0 Å². The van der Waals surface area contributed by atoms with Crippen molar-refractivity contribution in [3.05, 3.63) is 35.4 Å². The molecule has 0 saturated carbocycles. The first-order valence-corrected chi connectivity index (χ1v) is 4.49. The second kappa shape index (κ2) is 5.18. The first-order chi connectivity index (χ1) is 7.19. The van der Waals surface area contributed by atoms with Crippen LogP contribution in [0, 0.1) is 12.3 Å². The van der Waals surface area contributed by atoms with Crippen LogP contribution in [0.4, 0.5) is 0 Å². The number of carbonyl (C=O) groups is 1. The minimum Gasteiger partial charge on any atom is -0.465 e. The van der Waals surface area contributed by atoms with Crippen LogP contribution in [0.5, 0.6) is 0 Å². The second-order valence-electron chi connectivity index (χ2n) is 3.04. The van der Waals surface area contributed by atoms with Crippen LogP contribution in [0.1, 0.15) is 28.4 Å². The SMILES string of the molecule is C#CCC(O)c1ccc(C(=O)OC)cc1. The number of aliphatic hydroxyl groups excluding tert-OH is 1. The summed E-state index contributed by atoms with van der Waals surface area (Å²) < 4.78 is 4.55. The Morgan fingerprint density at radius 3 is 2.60 bits per heavy atom. The topological polar surface area (TPSA) is 46.5 Å². The summed E-state index contributed by atoms with van der Waals surface area (Å²) in [4.78, 5) is 11.1. The Kier molecular flexibility index (Phi) is 3.90. The molecule has 0 fully saturated rings. The van der Waals surface area contributed by atoms with Gasteiger partial charge < -0.3 is 9.84 Å². The maximum absolute atomic E-state index is 11.1. The van der Waals surface area contributed by atoms with Crippen molar-refractivity contribution in [1.29, 1.82) is 0 Å². The summed E-state index contributed by atoms with van der Waals surface area (Å²) in [7, 11) is 1.32. The number of hydrogen-bond acceptors (Lipinski definition) is 3. The van der Waals surface area contributed by atoms with Crippen LogP contribution in [0.2, 0.25) is 0 Å². The summed E-state index contributed by atoms with van der Waals surface area (Å²) in [5.74, 6) is 1.98. The quantitative estimate of drug-likeness (QED) is 0.600. The molecule has 0 aliphatic rings. The molecular weight excluding hydrogens is 192 g/mol. The summed E-state index contributed by atoms with van der Waals surface area (Å²) in [6, 6.07) is 6.52. The molecule has 0 spiro atoms. The van der Waals surface area contributed by atoms with Gasteiger partial charge in [-0.3, -0.25) is 0 Å². The highest BCUT2D eigenvalue weighted by molar-refractivity contribution is 5.89. The highest BCUT2D eigenvalue weighted by Gasteiger charge is 2.08. The van der Waals surface area contributed by atoms with Crippen LogP contribution in [-0.2, 0) is 4.74 Å². The van der Waals surface area contributed by atoms with Crippen LogP contribution in [0.15, 0.2) is 24.3 Å². The fraction of sp³-hybridized carbons (Fsp3) is 0.250. The molecule has 1 aromatic rings. The zero-order valence-corrected chi connectivity index (χ0v) is 8.43. The average Bonchev–Trinajstić information content (AvgIpc) is 2.28. The molecule has 0 heterocycles. The van der Waals surface area contributed by atoms with E-state index in [0.717, 1.165) is 0 Å². The van der Waals surface area contributed by atoms with E-state index in [0.29, 0.717) is 11.1 Å². The van der Waals surface area contributed by atoms with E-state index in [-0.39, 0.29) is 6.42 Å². The lowest BCUT2D eigenvalue weighted by Crippen LogP contribution is -2.02. The van der Waals surface area contributed by atoms with Crippen LogP contribution in [0.3, 0.4) is 0 Å². The van der Waals surface area contributed by atoms with Gasteiger partial charge in [0, 0.05) is 6.42 Å². The molecule has 3 nitrogen and oxygen atoms in total. The fourth-order valence-electron chi connectivity index (χ4n) is 1.19. The Bertz CT molecular complexity index is 373. The molecule has 1 N–H and O–H groups in total. The van der Waals surface area contributed by atoms with Gasteiger partial charge in [0.25, 0.3) is 0 Å². The van der Waals surface area contributed by atoms with Crippen LogP contribution in [0.25, 0.3) is 0 Å². The predicted molar refractivity (Wildman–Crippen MR) is 56.2 cm³/mol. The minimum atomic E-state index is -0.679. The molecule has 15 heavy (non-hydrogen) atoms. The molecule has 0 bridgehead atoms. The maximum atomic E-state index is 11.1. The number of rotatable bonds is 3. The van der Waals surface area contributed by atoms with Crippen LogP contribution >= 0.6 is 0 Å². The third-order valence-corrected chi connectivity index (χ3v) is 2.03. The summed E-state index contributed by atoms with van der Waals surface area (Å²) in [5, 5.41) is 9.55.